The van der Waals surface area contributed by atoms with Crippen LogP contribution in [0.1, 0.15) is 39.0 Å². The van der Waals surface area contributed by atoms with Gasteiger partial charge in [-0.2, -0.15) is 0 Å². The van der Waals surface area contributed by atoms with Gasteiger partial charge in [0, 0.05) is 5.69 Å². The molecule has 4 heteroatoms. The van der Waals surface area contributed by atoms with Crippen LogP contribution in [0, 0.1) is 6.92 Å². The Labute approximate surface area is 116 Å². The average molecular weight is 259 g/mol. The van der Waals surface area contributed by atoms with Crippen LogP contribution < -0.4 is 5.59 Å². The van der Waals surface area contributed by atoms with Gasteiger partial charge in [0.15, 0.2) is 0 Å². The van der Waals surface area contributed by atoms with Gasteiger partial charge in [-0.15, -0.1) is 6.58 Å². The molecule has 3 nitrogen and oxygen atoms in total. The molecule has 0 N–H and O–H groups in total. The van der Waals surface area contributed by atoms with Crippen LogP contribution in [0.5, 0.6) is 0 Å². The minimum atomic E-state index is -0.388. The fourth-order valence-corrected chi connectivity index (χ4v) is 2.08. The maximum absolute atomic E-state index is 6.00. The lowest BCUT2D eigenvalue weighted by molar-refractivity contribution is 0.00578. The predicted molar refractivity (Wildman–Crippen MR) is 78.6 cm³/mol. The van der Waals surface area contributed by atoms with Crippen LogP contribution in [-0.2, 0) is 15.7 Å². The molecule has 1 aromatic rings. The third-order valence-electron chi connectivity index (χ3n) is 4.08. The average Bonchev–Trinajstić information content (AvgIpc) is 2.51. The molecule has 1 aromatic heterocycles. The summed E-state index contributed by atoms with van der Waals surface area (Å²) >= 11 is 0. The first-order chi connectivity index (χ1) is 8.77. The third kappa shape index (κ3) is 2.60. The molecule has 0 radical (unpaired) electrons. The quantitative estimate of drug-likeness (QED) is 0.617. The van der Waals surface area contributed by atoms with Crippen molar-refractivity contribution in [1.82, 2.24) is 4.98 Å². The van der Waals surface area contributed by atoms with Crippen molar-refractivity contribution in [3.05, 3.63) is 36.0 Å². The van der Waals surface area contributed by atoms with E-state index in [4.69, 9.17) is 9.31 Å². The van der Waals surface area contributed by atoms with Crippen molar-refractivity contribution in [2.24, 2.45) is 0 Å². The highest BCUT2D eigenvalue weighted by Gasteiger charge is 2.52. The first-order valence-corrected chi connectivity index (χ1v) is 6.70. The van der Waals surface area contributed by atoms with Crippen molar-refractivity contribution in [3.63, 3.8) is 0 Å². The summed E-state index contributed by atoms with van der Waals surface area (Å²) in [6.07, 6.45) is 2.72. The van der Waals surface area contributed by atoms with Crippen LogP contribution >= 0.6 is 0 Å². The van der Waals surface area contributed by atoms with E-state index in [2.05, 4.69) is 17.6 Å². The molecule has 0 saturated carbocycles. The Morgan fingerprint density at radius 3 is 2.26 bits per heavy atom. The van der Waals surface area contributed by atoms with E-state index in [1.54, 1.807) is 0 Å². The maximum atomic E-state index is 6.00. The van der Waals surface area contributed by atoms with E-state index in [-0.39, 0.29) is 18.3 Å². The van der Waals surface area contributed by atoms with Gasteiger partial charge in [-0.25, -0.2) is 0 Å². The lowest BCUT2D eigenvalue weighted by atomic mass is 9.83. The van der Waals surface area contributed by atoms with Gasteiger partial charge in [-0.1, -0.05) is 12.1 Å². The molecule has 0 atom stereocenters. The molecule has 19 heavy (non-hydrogen) atoms. The van der Waals surface area contributed by atoms with Crippen LogP contribution in [0.15, 0.2) is 24.8 Å². The monoisotopic (exact) mass is 259 g/mol. The minimum absolute atomic E-state index is 0.326. The first-order valence-electron chi connectivity index (χ1n) is 6.70. The molecule has 0 aliphatic carbocycles. The molecule has 2 rings (SSSR count). The first kappa shape index (κ1) is 14.3. The number of aromatic nitrogens is 1. The lowest BCUT2D eigenvalue weighted by Crippen LogP contribution is -2.41. The summed E-state index contributed by atoms with van der Waals surface area (Å²) in [6.45, 7) is 14.0. The highest BCUT2D eigenvalue weighted by atomic mass is 16.7. The zero-order chi connectivity index (χ0) is 14.3. The number of pyridine rings is 1. The molecule has 102 valence electrons. The van der Waals surface area contributed by atoms with E-state index in [1.165, 1.54) is 5.56 Å². The van der Waals surface area contributed by atoms with E-state index < -0.39 is 0 Å². The van der Waals surface area contributed by atoms with Gasteiger partial charge in [0.25, 0.3) is 0 Å². The van der Waals surface area contributed by atoms with Crippen LogP contribution in [-0.4, -0.2) is 23.3 Å². The van der Waals surface area contributed by atoms with Gasteiger partial charge in [-0.3, -0.25) is 4.98 Å². The molecule has 0 spiro atoms. The third-order valence-corrected chi connectivity index (χ3v) is 4.08. The van der Waals surface area contributed by atoms with Crippen molar-refractivity contribution >= 4 is 12.7 Å². The molecule has 0 bridgehead atoms. The fourth-order valence-electron chi connectivity index (χ4n) is 2.08. The van der Waals surface area contributed by atoms with E-state index in [9.17, 15) is 0 Å². The van der Waals surface area contributed by atoms with E-state index >= 15 is 0 Å². The number of allylic oxidation sites excluding steroid dienone is 1. The van der Waals surface area contributed by atoms with Gasteiger partial charge in [0.1, 0.15) is 0 Å². The summed E-state index contributed by atoms with van der Waals surface area (Å²) in [6, 6.07) is 4.05. The van der Waals surface area contributed by atoms with Gasteiger partial charge < -0.3 is 9.31 Å². The smallest absolute Gasteiger partial charge is 0.398 e. The van der Waals surface area contributed by atoms with Crippen LogP contribution in [0.25, 0.3) is 0 Å². The number of aryl methyl sites for hydroxylation is 1. The number of nitrogens with zero attached hydrogens (tertiary/aromatic N) is 1. The van der Waals surface area contributed by atoms with E-state index in [0.717, 1.165) is 17.7 Å². The van der Waals surface area contributed by atoms with Crippen molar-refractivity contribution in [1.29, 1.82) is 0 Å². The van der Waals surface area contributed by atoms with Crippen molar-refractivity contribution < 1.29 is 9.31 Å². The molecule has 1 saturated heterocycles. The highest BCUT2D eigenvalue weighted by molar-refractivity contribution is 6.61. The van der Waals surface area contributed by atoms with Crippen molar-refractivity contribution in [2.45, 2.75) is 52.2 Å². The molecular weight excluding hydrogens is 237 g/mol. The molecule has 0 amide bonds. The topological polar surface area (TPSA) is 31.4 Å². The molecule has 0 unspecified atom stereocenters. The zero-order valence-corrected chi connectivity index (χ0v) is 12.5. The Hall–Kier alpha value is -1.13. The molecular formula is C15H22BNO2. The summed E-state index contributed by atoms with van der Waals surface area (Å²) in [4.78, 5) is 4.61. The number of hydrogen-bond acceptors (Lipinski definition) is 3. The predicted octanol–water partition coefficient (Wildman–Crippen LogP) is 2.42. The Morgan fingerprint density at radius 1 is 1.21 bits per heavy atom. The van der Waals surface area contributed by atoms with E-state index in [0.29, 0.717) is 0 Å². The lowest BCUT2D eigenvalue weighted by Gasteiger charge is -2.32. The number of rotatable bonds is 3. The van der Waals surface area contributed by atoms with Gasteiger partial charge in [0.2, 0.25) is 0 Å². The summed E-state index contributed by atoms with van der Waals surface area (Å²) in [5.74, 6) is 0. The van der Waals surface area contributed by atoms with Crippen LogP contribution in [0.4, 0.5) is 0 Å². The fraction of sp³-hybridized carbons (Fsp3) is 0.533. The largest absolute Gasteiger partial charge is 0.514 e. The standard InChI is InChI=1S/C15H22BNO2/c1-7-8-12-9-10-13(17-11(12)2)16-18-14(3,4)15(5,6)19-16/h7,9-10H,1,8H2,2-6H3. The Balaban J connectivity index is 2.25. The summed E-state index contributed by atoms with van der Waals surface area (Å²) in [5.41, 5.74) is 2.38. The number of hydrogen-bond donors (Lipinski definition) is 0. The second-order valence-electron chi connectivity index (χ2n) is 6.06. The molecule has 0 aromatic carbocycles. The Morgan fingerprint density at radius 2 is 1.79 bits per heavy atom. The summed E-state index contributed by atoms with van der Waals surface area (Å²) < 4.78 is 12.0. The van der Waals surface area contributed by atoms with E-state index in [1.807, 2.05) is 46.8 Å². The van der Waals surface area contributed by atoms with Gasteiger partial charge in [0.05, 0.1) is 16.8 Å². The molecule has 1 fully saturated rings. The SMILES string of the molecule is C=CCc1ccc(B2OC(C)(C)C(C)(C)O2)nc1C. The molecule has 1 aliphatic rings. The Bertz CT molecular complexity index is 481. The van der Waals surface area contributed by atoms with Crippen LogP contribution in [0.3, 0.4) is 0 Å². The summed E-state index contributed by atoms with van der Waals surface area (Å²) in [5, 5.41) is 0. The second kappa shape index (κ2) is 4.76. The van der Waals surface area contributed by atoms with Crippen molar-refractivity contribution in [3.8, 4) is 0 Å². The van der Waals surface area contributed by atoms with Gasteiger partial charge in [-0.05, 0) is 52.7 Å². The normalized spacial score (nSPS) is 20.6. The zero-order valence-electron chi connectivity index (χ0n) is 12.5. The van der Waals surface area contributed by atoms with Crippen LogP contribution in [0.2, 0.25) is 0 Å². The Kier molecular flexibility index (Phi) is 3.58. The minimum Gasteiger partial charge on any atom is -0.398 e. The van der Waals surface area contributed by atoms with Crippen molar-refractivity contribution in [2.75, 3.05) is 0 Å². The highest BCUT2D eigenvalue weighted by Crippen LogP contribution is 2.36. The summed E-state index contributed by atoms with van der Waals surface area (Å²) in [7, 11) is -0.388. The molecule has 2 heterocycles. The maximum Gasteiger partial charge on any atom is 0.514 e. The second-order valence-corrected chi connectivity index (χ2v) is 6.06. The molecule has 1 aliphatic heterocycles. The van der Waals surface area contributed by atoms with Gasteiger partial charge >= 0.3 is 7.12 Å².